The van der Waals surface area contributed by atoms with Gasteiger partial charge in [-0.25, -0.2) is 19.3 Å². The molecule has 2 fully saturated rings. The summed E-state index contributed by atoms with van der Waals surface area (Å²) >= 11 is 0. The molecule has 2 saturated heterocycles. The van der Waals surface area contributed by atoms with E-state index in [1.807, 2.05) is 19.9 Å². The van der Waals surface area contributed by atoms with Gasteiger partial charge in [-0.2, -0.15) is 4.31 Å². The number of phenolic OH excluding ortho intramolecular Hbond substituents is 1. The summed E-state index contributed by atoms with van der Waals surface area (Å²) in [6.45, 7) is 7.15. The summed E-state index contributed by atoms with van der Waals surface area (Å²) in [5.41, 5.74) is 9.45. The number of aryl methyl sites for hydroxylation is 2. The van der Waals surface area contributed by atoms with Gasteiger partial charge in [0.15, 0.2) is 0 Å². The molecule has 8 nitrogen and oxygen atoms in total. The lowest BCUT2D eigenvalue weighted by molar-refractivity contribution is -0.117. The summed E-state index contributed by atoms with van der Waals surface area (Å²) in [5, 5.41) is 13.2. The maximum atomic E-state index is 12.9. The molecule has 9 heteroatoms. The number of carbonyl (C=O) groups is 1. The number of hydrogen-bond donors (Lipinski definition) is 4. The molecule has 2 aliphatic heterocycles. The number of amides is 1. The summed E-state index contributed by atoms with van der Waals surface area (Å²) in [7, 11) is -3.52. The molecular formula is C24H32N4O4S. The molecule has 0 radical (unpaired) electrons. The Kier molecular flexibility index (Phi) is 6.76. The van der Waals surface area contributed by atoms with Gasteiger partial charge < -0.3 is 10.4 Å². The molecule has 2 unspecified atom stereocenters. The third kappa shape index (κ3) is 5.06. The van der Waals surface area contributed by atoms with Crippen molar-refractivity contribution in [1.82, 2.24) is 15.2 Å². The van der Waals surface area contributed by atoms with E-state index in [2.05, 4.69) is 23.1 Å². The number of sulfonamides is 1. The molecule has 2 aromatic carbocycles. The van der Waals surface area contributed by atoms with Gasteiger partial charge >= 0.3 is 0 Å². The van der Waals surface area contributed by atoms with Crippen LogP contribution in [-0.4, -0.2) is 42.9 Å². The molecule has 2 aliphatic rings. The number of aromatic hydroxyl groups is 1. The molecule has 178 valence electrons. The monoisotopic (exact) mass is 472 g/mol. The SMILES string of the molecule is Cc1cc(O)c(C2CC(C(=O)Nc3ccc(S(=O)(=O)N4CCC(C)CC4)cc3)NN2)cc1C. The first-order valence-corrected chi connectivity index (χ1v) is 12.8. The summed E-state index contributed by atoms with van der Waals surface area (Å²) in [6, 6.07) is 9.30. The van der Waals surface area contributed by atoms with Crippen LogP contribution in [0.5, 0.6) is 5.75 Å². The molecule has 1 amide bonds. The molecule has 2 aromatic rings. The lowest BCUT2D eigenvalue weighted by atomic mass is 9.97. The zero-order valence-corrected chi connectivity index (χ0v) is 20.1. The summed E-state index contributed by atoms with van der Waals surface area (Å²) in [6.07, 6.45) is 2.22. The first-order valence-electron chi connectivity index (χ1n) is 11.4. The Hall–Kier alpha value is -2.46. The Balaban J connectivity index is 1.38. The van der Waals surface area contributed by atoms with Crippen LogP contribution in [0.2, 0.25) is 0 Å². The van der Waals surface area contributed by atoms with E-state index in [4.69, 9.17) is 0 Å². The highest BCUT2D eigenvalue weighted by Crippen LogP contribution is 2.32. The number of nitrogens with zero attached hydrogens (tertiary/aromatic N) is 1. The predicted octanol–water partition coefficient (Wildman–Crippen LogP) is 2.98. The number of carbonyl (C=O) groups excluding carboxylic acids is 1. The highest BCUT2D eigenvalue weighted by atomic mass is 32.2. The number of phenols is 1. The molecule has 2 atom stereocenters. The van der Waals surface area contributed by atoms with Crippen LogP contribution in [0.1, 0.15) is 48.9 Å². The summed E-state index contributed by atoms with van der Waals surface area (Å²) in [5.74, 6) is 0.527. The number of anilines is 1. The summed E-state index contributed by atoms with van der Waals surface area (Å²) < 4.78 is 27.3. The van der Waals surface area contributed by atoms with Crippen molar-refractivity contribution in [2.75, 3.05) is 18.4 Å². The van der Waals surface area contributed by atoms with Gasteiger partial charge in [-0.15, -0.1) is 0 Å². The lowest BCUT2D eigenvalue weighted by Gasteiger charge is -2.29. The van der Waals surface area contributed by atoms with Crippen molar-refractivity contribution in [2.45, 2.75) is 57.0 Å². The molecule has 4 rings (SSSR count). The Bertz CT molecular complexity index is 1130. The van der Waals surface area contributed by atoms with Gasteiger partial charge in [0.05, 0.1) is 10.9 Å². The van der Waals surface area contributed by atoms with E-state index >= 15 is 0 Å². The molecule has 0 bridgehead atoms. The van der Waals surface area contributed by atoms with Crippen molar-refractivity contribution in [2.24, 2.45) is 5.92 Å². The van der Waals surface area contributed by atoms with E-state index in [0.717, 1.165) is 29.5 Å². The van der Waals surface area contributed by atoms with Gasteiger partial charge in [-0.05, 0) is 80.5 Å². The zero-order chi connectivity index (χ0) is 23.8. The first-order chi connectivity index (χ1) is 15.6. The molecule has 0 saturated carbocycles. The third-order valence-electron chi connectivity index (χ3n) is 6.74. The fourth-order valence-corrected chi connectivity index (χ4v) is 5.82. The topological polar surface area (TPSA) is 111 Å². The maximum Gasteiger partial charge on any atom is 0.243 e. The van der Waals surface area contributed by atoms with Gasteiger partial charge in [-0.1, -0.05) is 13.0 Å². The number of nitrogens with one attached hydrogen (secondary N) is 3. The van der Waals surface area contributed by atoms with Crippen molar-refractivity contribution >= 4 is 21.6 Å². The lowest BCUT2D eigenvalue weighted by Crippen LogP contribution is -2.39. The maximum absolute atomic E-state index is 12.9. The quantitative estimate of drug-likeness (QED) is 0.533. The average Bonchev–Trinajstić information content (AvgIpc) is 3.27. The summed E-state index contributed by atoms with van der Waals surface area (Å²) in [4.78, 5) is 13.0. The number of hydrogen-bond acceptors (Lipinski definition) is 6. The van der Waals surface area contributed by atoms with Crippen molar-refractivity contribution in [3.63, 3.8) is 0 Å². The fraction of sp³-hybridized carbons (Fsp3) is 0.458. The van der Waals surface area contributed by atoms with Crippen molar-refractivity contribution in [3.8, 4) is 5.75 Å². The molecule has 0 aliphatic carbocycles. The normalized spacial score (nSPS) is 22.4. The molecular weight excluding hydrogens is 440 g/mol. The van der Waals surface area contributed by atoms with Gasteiger partial charge in [0.2, 0.25) is 15.9 Å². The molecule has 0 spiro atoms. The zero-order valence-electron chi connectivity index (χ0n) is 19.3. The largest absolute Gasteiger partial charge is 0.508 e. The average molecular weight is 473 g/mol. The highest BCUT2D eigenvalue weighted by Gasteiger charge is 2.32. The minimum atomic E-state index is -3.52. The minimum Gasteiger partial charge on any atom is -0.508 e. The Morgan fingerprint density at radius 2 is 1.70 bits per heavy atom. The smallest absolute Gasteiger partial charge is 0.243 e. The molecule has 0 aromatic heterocycles. The van der Waals surface area contributed by atoms with Crippen molar-refractivity contribution in [3.05, 3.63) is 53.1 Å². The van der Waals surface area contributed by atoms with Crippen LogP contribution >= 0.6 is 0 Å². The van der Waals surface area contributed by atoms with Crippen LogP contribution in [-0.2, 0) is 14.8 Å². The minimum absolute atomic E-state index is 0.195. The predicted molar refractivity (Wildman–Crippen MR) is 127 cm³/mol. The second-order valence-electron chi connectivity index (χ2n) is 9.23. The van der Waals surface area contributed by atoms with Crippen LogP contribution in [0.25, 0.3) is 0 Å². The number of piperidine rings is 1. The first kappa shape index (κ1) is 23.7. The third-order valence-corrected chi connectivity index (χ3v) is 8.65. The Morgan fingerprint density at radius 3 is 2.36 bits per heavy atom. The van der Waals surface area contributed by atoms with Crippen molar-refractivity contribution in [1.29, 1.82) is 0 Å². The Labute approximate surface area is 195 Å². The van der Waals surface area contributed by atoms with Crippen LogP contribution in [0, 0.1) is 19.8 Å². The highest BCUT2D eigenvalue weighted by molar-refractivity contribution is 7.89. The van der Waals surface area contributed by atoms with E-state index in [-0.39, 0.29) is 22.6 Å². The number of hydrazine groups is 1. The van der Waals surface area contributed by atoms with E-state index in [1.54, 1.807) is 30.3 Å². The molecule has 4 N–H and O–H groups in total. The van der Waals surface area contributed by atoms with Crippen LogP contribution in [0.15, 0.2) is 41.3 Å². The van der Waals surface area contributed by atoms with Gasteiger partial charge in [0.25, 0.3) is 0 Å². The Morgan fingerprint density at radius 1 is 1.06 bits per heavy atom. The molecule has 33 heavy (non-hydrogen) atoms. The van der Waals surface area contributed by atoms with E-state index in [1.165, 1.54) is 4.31 Å². The van der Waals surface area contributed by atoms with Crippen molar-refractivity contribution < 1.29 is 18.3 Å². The van der Waals surface area contributed by atoms with Gasteiger partial charge in [0.1, 0.15) is 11.8 Å². The number of rotatable bonds is 5. The van der Waals surface area contributed by atoms with Crippen LogP contribution < -0.4 is 16.2 Å². The van der Waals surface area contributed by atoms with E-state index in [0.29, 0.717) is 31.1 Å². The van der Waals surface area contributed by atoms with E-state index in [9.17, 15) is 18.3 Å². The second-order valence-corrected chi connectivity index (χ2v) is 11.2. The number of benzene rings is 2. The molecule has 2 heterocycles. The van der Waals surface area contributed by atoms with Gasteiger partial charge in [0, 0.05) is 24.3 Å². The fourth-order valence-electron chi connectivity index (χ4n) is 4.35. The van der Waals surface area contributed by atoms with Crippen LogP contribution in [0.4, 0.5) is 5.69 Å². The van der Waals surface area contributed by atoms with E-state index < -0.39 is 16.1 Å². The standard InChI is InChI=1S/C24H32N4O4S/c1-15-8-10-28(11-9-15)33(31,32)19-6-4-18(5-7-19)25-24(30)22-14-21(26-27-22)20-12-16(2)17(3)13-23(20)29/h4-7,12-13,15,21-22,26-27,29H,8-11,14H2,1-3H3,(H,25,30). The second kappa shape index (κ2) is 9.42. The van der Waals surface area contributed by atoms with Gasteiger partial charge in [-0.3, -0.25) is 4.79 Å². The van der Waals surface area contributed by atoms with Crippen LogP contribution in [0.3, 0.4) is 0 Å².